The number of ether oxygens (including phenoxy) is 1. The van der Waals surface area contributed by atoms with Gasteiger partial charge in [0.2, 0.25) is 10.0 Å². The fourth-order valence-corrected chi connectivity index (χ4v) is 3.75. The molecule has 1 aromatic rings. The molecule has 0 saturated heterocycles. The topological polar surface area (TPSA) is 81.4 Å². The van der Waals surface area contributed by atoms with Crippen LogP contribution in [-0.2, 0) is 10.0 Å². The SMILES string of the molecule is Nc1ccccc1OCCS(=O)(=O)NC1CCCCCC1. The fraction of sp³-hybridized carbons (Fsp3) is 0.600. The number of hydrogen-bond acceptors (Lipinski definition) is 4. The Kier molecular flexibility index (Phi) is 5.87. The van der Waals surface area contributed by atoms with Crippen molar-refractivity contribution in [2.45, 2.75) is 44.6 Å². The zero-order valence-electron chi connectivity index (χ0n) is 12.3. The average Bonchev–Trinajstić information content (AvgIpc) is 2.69. The second kappa shape index (κ2) is 7.66. The van der Waals surface area contributed by atoms with Gasteiger partial charge in [-0.1, -0.05) is 37.8 Å². The number of anilines is 1. The number of nitrogen functional groups attached to an aromatic ring is 1. The third-order valence-corrected chi connectivity index (χ3v) is 5.13. The lowest BCUT2D eigenvalue weighted by Crippen LogP contribution is -2.37. The van der Waals surface area contributed by atoms with Crippen LogP contribution in [0, 0.1) is 0 Å². The van der Waals surface area contributed by atoms with Crippen LogP contribution in [0.4, 0.5) is 5.69 Å². The van der Waals surface area contributed by atoms with E-state index in [1.54, 1.807) is 12.1 Å². The first kappa shape index (κ1) is 16.1. The van der Waals surface area contributed by atoms with Crippen molar-refractivity contribution in [3.63, 3.8) is 0 Å². The van der Waals surface area contributed by atoms with E-state index in [1.165, 1.54) is 12.8 Å². The maximum absolute atomic E-state index is 12.1. The summed E-state index contributed by atoms with van der Waals surface area (Å²) in [5, 5.41) is 0. The molecule has 118 valence electrons. The molecule has 1 fully saturated rings. The van der Waals surface area contributed by atoms with E-state index in [-0.39, 0.29) is 18.4 Å². The third-order valence-electron chi connectivity index (χ3n) is 3.73. The van der Waals surface area contributed by atoms with Crippen molar-refractivity contribution < 1.29 is 13.2 Å². The maximum Gasteiger partial charge on any atom is 0.215 e. The van der Waals surface area contributed by atoms with Crippen molar-refractivity contribution in [1.82, 2.24) is 4.72 Å². The first-order chi connectivity index (χ1) is 10.1. The van der Waals surface area contributed by atoms with Crippen LogP contribution in [0.5, 0.6) is 5.75 Å². The van der Waals surface area contributed by atoms with Crippen LogP contribution in [0.15, 0.2) is 24.3 Å². The molecule has 0 radical (unpaired) electrons. The Morgan fingerprint density at radius 2 is 1.81 bits per heavy atom. The third kappa shape index (κ3) is 5.55. The van der Waals surface area contributed by atoms with Gasteiger partial charge in [-0.05, 0) is 25.0 Å². The summed E-state index contributed by atoms with van der Waals surface area (Å²) in [5.41, 5.74) is 6.27. The molecule has 1 aliphatic rings. The van der Waals surface area contributed by atoms with Gasteiger partial charge >= 0.3 is 0 Å². The lowest BCUT2D eigenvalue weighted by Gasteiger charge is -2.16. The van der Waals surface area contributed by atoms with Crippen LogP contribution in [0.25, 0.3) is 0 Å². The predicted molar refractivity (Wildman–Crippen MR) is 84.8 cm³/mol. The minimum atomic E-state index is -3.30. The van der Waals surface area contributed by atoms with Crippen molar-refractivity contribution in [2.75, 3.05) is 18.1 Å². The van der Waals surface area contributed by atoms with Crippen molar-refractivity contribution in [3.05, 3.63) is 24.3 Å². The number of para-hydroxylation sites is 2. The molecular weight excluding hydrogens is 288 g/mol. The highest BCUT2D eigenvalue weighted by Gasteiger charge is 2.19. The van der Waals surface area contributed by atoms with Crippen molar-refractivity contribution in [1.29, 1.82) is 0 Å². The number of rotatable bonds is 6. The van der Waals surface area contributed by atoms with Crippen molar-refractivity contribution in [2.24, 2.45) is 0 Å². The minimum absolute atomic E-state index is 0.0438. The molecule has 3 N–H and O–H groups in total. The van der Waals surface area contributed by atoms with Gasteiger partial charge in [-0.2, -0.15) is 0 Å². The number of nitrogens with one attached hydrogen (secondary N) is 1. The summed E-state index contributed by atoms with van der Waals surface area (Å²) >= 11 is 0. The second-order valence-electron chi connectivity index (χ2n) is 5.51. The molecule has 0 spiro atoms. The standard InChI is InChI=1S/C15H24N2O3S/c16-14-9-5-6-10-15(14)20-11-12-21(18,19)17-13-7-3-1-2-4-8-13/h5-6,9-10,13,17H,1-4,7-8,11-12,16H2. The predicted octanol–water partition coefficient (Wildman–Crippen LogP) is 2.29. The Hall–Kier alpha value is -1.27. The molecule has 21 heavy (non-hydrogen) atoms. The zero-order chi connectivity index (χ0) is 15.1. The second-order valence-corrected chi connectivity index (χ2v) is 7.38. The van der Waals surface area contributed by atoms with Gasteiger partial charge in [-0.3, -0.25) is 0 Å². The van der Waals surface area contributed by atoms with Crippen LogP contribution >= 0.6 is 0 Å². The van der Waals surface area contributed by atoms with Gasteiger partial charge in [0.1, 0.15) is 12.4 Å². The summed E-state index contributed by atoms with van der Waals surface area (Å²) in [7, 11) is -3.30. The summed E-state index contributed by atoms with van der Waals surface area (Å²) in [6.07, 6.45) is 6.48. The molecule has 0 bridgehead atoms. The van der Waals surface area contributed by atoms with Gasteiger partial charge < -0.3 is 10.5 Å². The van der Waals surface area contributed by atoms with E-state index >= 15 is 0 Å². The van der Waals surface area contributed by atoms with Crippen LogP contribution in [0.1, 0.15) is 38.5 Å². The van der Waals surface area contributed by atoms with Gasteiger partial charge in [-0.25, -0.2) is 13.1 Å². The summed E-state index contributed by atoms with van der Waals surface area (Å²) in [4.78, 5) is 0. The monoisotopic (exact) mass is 312 g/mol. The van der Waals surface area contributed by atoms with Gasteiger partial charge in [-0.15, -0.1) is 0 Å². The molecule has 5 nitrogen and oxygen atoms in total. The smallest absolute Gasteiger partial charge is 0.215 e. The Morgan fingerprint density at radius 1 is 1.14 bits per heavy atom. The van der Waals surface area contributed by atoms with Crippen LogP contribution in [0.3, 0.4) is 0 Å². The van der Waals surface area contributed by atoms with Gasteiger partial charge in [0.25, 0.3) is 0 Å². The fourth-order valence-electron chi connectivity index (χ4n) is 2.58. The quantitative estimate of drug-likeness (QED) is 0.624. The van der Waals surface area contributed by atoms with E-state index in [1.807, 2.05) is 12.1 Å². The van der Waals surface area contributed by atoms with Crippen LogP contribution < -0.4 is 15.2 Å². The van der Waals surface area contributed by atoms with E-state index in [0.717, 1.165) is 25.7 Å². The molecule has 0 aliphatic heterocycles. The Bertz CT molecular complexity index is 538. The lowest BCUT2D eigenvalue weighted by molar-refractivity contribution is 0.341. The zero-order valence-corrected chi connectivity index (χ0v) is 13.1. The number of benzene rings is 1. The lowest BCUT2D eigenvalue weighted by atomic mass is 10.1. The highest BCUT2D eigenvalue weighted by molar-refractivity contribution is 7.89. The van der Waals surface area contributed by atoms with E-state index in [2.05, 4.69) is 4.72 Å². The van der Waals surface area contributed by atoms with E-state index < -0.39 is 10.0 Å². The minimum Gasteiger partial charge on any atom is -0.490 e. The molecule has 0 unspecified atom stereocenters. The largest absolute Gasteiger partial charge is 0.490 e. The Labute approximate surface area is 126 Å². The van der Waals surface area contributed by atoms with E-state index in [0.29, 0.717) is 11.4 Å². The molecule has 0 aromatic heterocycles. The number of sulfonamides is 1. The average molecular weight is 312 g/mol. The first-order valence-corrected chi connectivity index (χ1v) is 9.19. The highest BCUT2D eigenvalue weighted by atomic mass is 32.2. The molecule has 0 atom stereocenters. The highest BCUT2D eigenvalue weighted by Crippen LogP contribution is 2.20. The molecule has 6 heteroatoms. The van der Waals surface area contributed by atoms with Crippen molar-refractivity contribution in [3.8, 4) is 5.75 Å². The molecule has 1 aliphatic carbocycles. The summed E-state index contributed by atoms with van der Waals surface area (Å²) in [6.45, 7) is 0.107. The number of nitrogens with two attached hydrogens (primary N) is 1. The molecule has 2 rings (SSSR count). The van der Waals surface area contributed by atoms with E-state index in [9.17, 15) is 8.42 Å². The summed E-state index contributed by atoms with van der Waals surface area (Å²) < 4.78 is 32.4. The van der Waals surface area contributed by atoms with Gasteiger partial charge in [0.05, 0.1) is 11.4 Å². The normalized spacial score (nSPS) is 17.3. The maximum atomic E-state index is 12.1. The van der Waals surface area contributed by atoms with Gasteiger partial charge in [0.15, 0.2) is 0 Å². The van der Waals surface area contributed by atoms with Gasteiger partial charge in [0, 0.05) is 6.04 Å². The molecule has 1 aromatic carbocycles. The molecular formula is C15H24N2O3S. The Morgan fingerprint density at radius 3 is 2.48 bits per heavy atom. The summed E-state index contributed by atoms with van der Waals surface area (Å²) in [6, 6.07) is 7.17. The first-order valence-electron chi connectivity index (χ1n) is 7.54. The number of hydrogen-bond donors (Lipinski definition) is 2. The molecule has 0 heterocycles. The van der Waals surface area contributed by atoms with Crippen molar-refractivity contribution >= 4 is 15.7 Å². The summed E-state index contributed by atoms with van der Waals surface area (Å²) in [5.74, 6) is 0.486. The molecule has 1 saturated carbocycles. The Balaban J connectivity index is 1.79. The van der Waals surface area contributed by atoms with Crippen LogP contribution in [-0.4, -0.2) is 26.8 Å². The van der Waals surface area contributed by atoms with Crippen LogP contribution in [0.2, 0.25) is 0 Å². The molecule has 0 amide bonds. The van der Waals surface area contributed by atoms with E-state index in [4.69, 9.17) is 10.5 Å².